The van der Waals surface area contributed by atoms with E-state index in [9.17, 15) is 8.42 Å². The van der Waals surface area contributed by atoms with Crippen molar-refractivity contribution in [1.29, 1.82) is 0 Å². The Morgan fingerprint density at radius 3 is 2.20 bits per heavy atom. The quantitative estimate of drug-likeness (QED) is 0.400. The number of halogens is 1. The van der Waals surface area contributed by atoms with Crippen LogP contribution >= 0.6 is 11.6 Å². The van der Waals surface area contributed by atoms with Crippen LogP contribution in [0.5, 0.6) is 0 Å². The molecule has 0 saturated carbocycles. The van der Waals surface area contributed by atoms with Crippen molar-refractivity contribution in [1.82, 2.24) is 0 Å². The van der Waals surface area contributed by atoms with Gasteiger partial charge in [-0.3, -0.25) is 4.18 Å². The fourth-order valence-corrected chi connectivity index (χ4v) is 2.27. The molecule has 0 aliphatic carbocycles. The van der Waals surface area contributed by atoms with Crippen molar-refractivity contribution < 1.29 is 12.6 Å². The number of alkyl halides is 1. The normalized spacial score (nSPS) is 13.1. The lowest BCUT2D eigenvalue weighted by Crippen LogP contribution is -2.20. The molecule has 0 aromatic carbocycles. The van der Waals surface area contributed by atoms with E-state index >= 15 is 0 Å². The molecule has 0 spiro atoms. The largest absolute Gasteiger partial charge is 0.270 e. The van der Waals surface area contributed by atoms with Crippen LogP contribution in [0.15, 0.2) is 0 Å². The molecule has 92 valence electrons. The van der Waals surface area contributed by atoms with Gasteiger partial charge in [-0.25, -0.2) is 0 Å². The Hall–Kier alpha value is 0.200. The number of hydrogen-bond acceptors (Lipinski definition) is 3. The van der Waals surface area contributed by atoms with Gasteiger partial charge in [-0.2, -0.15) is 8.42 Å². The van der Waals surface area contributed by atoms with Gasteiger partial charge < -0.3 is 0 Å². The predicted molar refractivity (Wildman–Crippen MR) is 63.8 cm³/mol. The number of rotatable bonds is 7. The predicted octanol–water partition coefficient (Wildman–Crippen LogP) is 2.79. The minimum Gasteiger partial charge on any atom is -0.270 e. The minimum absolute atomic E-state index is 0.0972. The molecule has 0 aromatic heterocycles. The average molecular weight is 257 g/mol. The summed E-state index contributed by atoms with van der Waals surface area (Å²) < 4.78 is 27.7. The van der Waals surface area contributed by atoms with Crippen LogP contribution in [0.2, 0.25) is 0 Å². The summed E-state index contributed by atoms with van der Waals surface area (Å²) in [4.78, 5) is 0. The maximum Gasteiger partial charge on any atom is 0.267 e. The molecule has 0 heterocycles. The fourth-order valence-electron chi connectivity index (χ4n) is 0.876. The first-order chi connectivity index (χ1) is 6.77. The highest BCUT2D eigenvalue weighted by molar-refractivity contribution is 7.86. The molecule has 0 amide bonds. The fraction of sp³-hybridized carbons (Fsp3) is 1.00. The molecular weight excluding hydrogens is 236 g/mol. The molecule has 3 nitrogen and oxygen atoms in total. The Morgan fingerprint density at radius 2 is 1.73 bits per heavy atom. The van der Waals surface area contributed by atoms with Crippen LogP contribution in [-0.2, 0) is 14.3 Å². The monoisotopic (exact) mass is 256 g/mol. The zero-order valence-electron chi connectivity index (χ0n) is 9.75. The summed E-state index contributed by atoms with van der Waals surface area (Å²) in [5.74, 6) is 0.683. The molecular formula is C10H21ClO3S. The molecule has 0 radical (unpaired) electrons. The summed E-state index contributed by atoms with van der Waals surface area (Å²) in [6, 6.07) is 0. The molecule has 0 aliphatic heterocycles. The lowest BCUT2D eigenvalue weighted by Gasteiger charge is -2.17. The van der Waals surface area contributed by atoms with Crippen LogP contribution in [0.25, 0.3) is 0 Å². The Balaban J connectivity index is 3.78. The van der Waals surface area contributed by atoms with Crippen molar-refractivity contribution in [2.75, 3.05) is 18.2 Å². The maximum absolute atomic E-state index is 11.4. The lowest BCUT2D eigenvalue weighted by molar-refractivity contribution is 0.203. The highest BCUT2D eigenvalue weighted by atomic mass is 35.5. The van der Waals surface area contributed by atoms with Gasteiger partial charge in [0.05, 0.1) is 12.4 Å². The summed E-state index contributed by atoms with van der Waals surface area (Å²) in [7, 11) is -3.34. The minimum atomic E-state index is -3.34. The topological polar surface area (TPSA) is 43.4 Å². The standard InChI is InChI=1S/C10H21ClO3S/c1-10(2,3)9-14-15(12,13)8-6-4-5-7-11/h4-9H2,1-3H3. The van der Waals surface area contributed by atoms with E-state index in [1.54, 1.807) is 0 Å². The molecule has 0 atom stereocenters. The van der Waals surface area contributed by atoms with Crippen LogP contribution in [0.4, 0.5) is 0 Å². The first-order valence-corrected chi connectivity index (χ1v) is 7.31. The van der Waals surface area contributed by atoms with Gasteiger partial charge in [-0.1, -0.05) is 27.2 Å². The zero-order chi connectivity index (χ0) is 11.9. The van der Waals surface area contributed by atoms with Gasteiger partial charge in [0.25, 0.3) is 10.1 Å². The van der Waals surface area contributed by atoms with E-state index in [0.29, 0.717) is 12.3 Å². The molecule has 5 heteroatoms. The molecule has 0 aliphatic rings. The van der Waals surface area contributed by atoms with Gasteiger partial charge in [0.15, 0.2) is 0 Å². The molecule has 0 rings (SSSR count). The van der Waals surface area contributed by atoms with Crippen molar-refractivity contribution in [3.05, 3.63) is 0 Å². The second-order valence-electron chi connectivity index (χ2n) is 4.83. The van der Waals surface area contributed by atoms with Crippen molar-refractivity contribution in [3.63, 3.8) is 0 Å². The second kappa shape index (κ2) is 6.71. The summed E-state index contributed by atoms with van der Waals surface area (Å²) >= 11 is 5.49. The molecule has 0 aromatic rings. The van der Waals surface area contributed by atoms with Crippen molar-refractivity contribution in [2.24, 2.45) is 5.41 Å². The van der Waals surface area contributed by atoms with E-state index in [2.05, 4.69) is 0 Å². The van der Waals surface area contributed by atoms with Gasteiger partial charge in [0.1, 0.15) is 0 Å². The van der Waals surface area contributed by atoms with E-state index < -0.39 is 10.1 Å². The SMILES string of the molecule is CC(C)(C)COS(=O)(=O)CCCCCCl. The van der Waals surface area contributed by atoms with Gasteiger partial charge in [-0.05, 0) is 18.3 Å². The van der Waals surface area contributed by atoms with Crippen LogP contribution in [0.3, 0.4) is 0 Å². The molecule has 0 saturated heterocycles. The van der Waals surface area contributed by atoms with E-state index in [-0.39, 0.29) is 17.8 Å². The first-order valence-electron chi connectivity index (χ1n) is 5.20. The summed E-state index contributed by atoms with van der Waals surface area (Å²) in [5, 5.41) is 0. The summed E-state index contributed by atoms with van der Waals surface area (Å²) in [6.07, 6.45) is 2.32. The highest BCUT2D eigenvalue weighted by Gasteiger charge is 2.17. The van der Waals surface area contributed by atoms with E-state index in [1.165, 1.54) is 0 Å². The maximum atomic E-state index is 11.4. The molecule has 0 unspecified atom stereocenters. The van der Waals surface area contributed by atoms with Gasteiger partial charge in [-0.15, -0.1) is 11.6 Å². The molecule has 0 N–H and O–H groups in total. The van der Waals surface area contributed by atoms with E-state index in [4.69, 9.17) is 15.8 Å². The zero-order valence-corrected chi connectivity index (χ0v) is 11.3. The Labute approximate surface area is 98.3 Å². The molecule has 0 fully saturated rings. The van der Waals surface area contributed by atoms with Gasteiger partial charge in [0, 0.05) is 5.88 Å². The third kappa shape index (κ3) is 10.5. The van der Waals surface area contributed by atoms with E-state index in [1.807, 2.05) is 20.8 Å². The van der Waals surface area contributed by atoms with Gasteiger partial charge in [0.2, 0.25) is 0 Å². The Bertz CT molecular complexity index is 254. The second-order valence-corrected chi connectivity index (χ2v) is 6.97. The average Bonchev–Trinajstić information content (AvgIpc) is 2.09. The molecule has 15 heavy (non-hydrogen) atoms. The third-order valence-corrected chi connectivity index (χ3v) is 3.23. The summed E-state index contributed by atoms with van der Waals surface area (Å²) in [6.45, 7) is 6.06. The Morgan fingerprint density at radius 1 is 1.13 bits per heavy atom. The third-order valence-electron chi connectivity index (χ3n) is 1.70. The number of unbranched alkanes of at least 4 members (excludes halogenated alkanes) is 2. The number of hydrogen-bond donors (Lipinski definition) is 0. The van der Waals surface area contributed by atoms with E-state index in [0.717, 1.165) is 12.8 Å². The van der Waals surface area contributed by atoms with Crippen LogP contribution in [0, 0.1) is 5.41 Å². The van der Waals surface area contributed by atoms with Gasteiger partial charge >= 0.3 is 0 Å². The van der Waals surface area contributed by atoms with Crippen molar-refractivity contribution >= 4 is 21.7 Å². The summed E-state index contributed by atoms with van der Waals surface area (Å²) in [5.41, 5.74) is -0.122. The van der Waals surface area contributed by atoms with Crippen LogP contribution in [0.1, 0.15) is 40.0 Å². The lowest BCUT2D eigenvalue weighted by atomic mass is 9.99. The smallest absolute Gasteiger partial charge is 0.267 e. The Kier molecular flexibility index (Phi) is 6.80. The van der Waals surface area contributed by atoms with Crippen LogP contribution < -0.4 is 0 Å². The van der Waals surface area contributed by atoms with Crippen molar-refractivity contribution in [2.45, 2.75) is 40.0 Å². The first kappa shape index (κ1) is 15.2. The van der Waals surface area contributed by atoms with Crippen molar-refractivity contribution in [3.8, 4) is 0 Å². The van der Waals surface area contributed by atoms with Crippen LogP contribution in [-0.4, -0.2) is 26.7 Å². The highest BCUT2D eigenvalue weighted by Crippen LogP contribution is 2.15. The molecule has 0 bridgehead atoms.